The Morgan fingerprint density at radius 2 is 1.95 bits per heavy atom. The molecule has 5 heteroatoms. The Balaban J connectivity index is 2.29. The van der Waals surface area contributed by atoms with Gasteiger partial charge in [-0.15, -0.1) is 0 Å². The molecular formula is C14H19NO3Si. The van der Waals surface area contributed by atoms with Gasteiger partial charge in [0.05, 0.1) is 16.8 Å². The van der Waals surface area contributed by atoms with Crippen molar-refractivity contribution in [2.24, 2.45) is 0 Å². The van der Waals surface area contributed by atoms with E-state index in [0.717, 1.165) is 11.1 Å². The van der Waals surface area contributed by atoms with Crippen molar-refractivity contribution in [1.82, 2.24) is 4.90 Å². The number of hydrogen-bond acceptors (Lipinski definition) is 3. The fourth-order valence-corrected chi connectivity index (χ4v) is 2.94. The molecule has 4 nitrogen and oxygen atoms in total. The number of rotatable bonds is 1. The number of ether oxygens (including phenoxy) is 1. The Morgan fingerprint density at radius 1 is 1.32 bits per heavy atom. The maximum absolute atomic E-state index is 12.2. The van der Waals surface area contributed by atoms with Crippen LogP contribution < -0.4 is 0 Å². The van der Waals surface area contributed by atoms with Gasteiger partial charge in [-0.3, -0.25) is 4.90 Å². The van der Waals surface area contributed by atoms with E-state index in [1.54, 1.807) is 0 Å². The van der Waals surface area contributed by atoms with Crippen LogP contribution >= 0.6 is 0 Å². The van der Waals surface area contributed by atoms with Crippen molar-refractivity contribution in [3.63, 3.8) is 0 Å². The standard InChI is InChI=1S/C14H19NO3Si/c1-14(2,3)18-13(17)15-8-9-6-4-5-7-10(9)11(15)12(16)19/h4-7,11H,8H2,1-3,19H3. The molecule has 0 spiro atoms. The lowest BCUT2D eigenvalue weighted by molar-refractivity contribution is -0.116. The number of hydrogen-bond donors (Lipinski definition) is 0. The minimum Gasteiger partial charge on any atom is -0.444 e. The molecule has 1 heterocycles. The van der Waals surface area contributed by atoms with Crippen LogP contribution in [0.2, 0.25) is 0 Å². The first-order valence-corrected chi connectivity index (χ1v) is 7.37. The van der Waals surface area contributed by atoms with Gasteiger partial charge >= 0.3 is 6.09 Å². The zero-order valence-electron chi connectivity index (χ0n) is 11.8. The molecule has 0 aromatic heterocycles. The number of amides is 1. The maximum atomic E-state index is 12.2. The van der Waals surface area contributed by atoms with E-state index in [1.165, 1.54) is 4.90 Å². The van der Waals surface area contributed by atoms with Crippen LogP contribution in [0, 0.1) is 0 Å². The summed E-state index contributed by atoms with van der Waals surface area (Å²) in [4.78, 5) is 25.6. The second kappa shape index (κ2) is 4.81. The zero-order chi connectivity index (χ0) is 14.2. The number of nitrogens with zero attached hydrogens (tertiary/aromatic N) is 1. The highest BCUT2D eigenvalue weighted by Crippen LogP contribution is 2.34. The first-order chi connectivity index (χ1) is 8.79. The minimum absolute atomic E-state index is 0.0933. The summed E-state index contributed by atoms with van der Waals surface area (Å²) in [7, 11) is 0.417. The third-order valence-electron chi connectivity index (χ3n) is 3.02. The van der Waals surface area contributed by atoms with E-state index in [-0.39, 0.29) is 5.41 Å². The van der Waals surface area contributed by atoms with E-state index in [2.05, 4.69) is 0 Å². The molecule has 0 fully saturated rings. The second-order valence-electron chi connectivity index (χ2n) is 5.82. The fourth-order valence-electron chi connectivity index (χ4n) is 2.32. The predicted molar refractivity (Wildman–Crippen MR) is 75.9 cm³/mol. The van der Waals surface area contributed by atoms with Crippen molar-refractivity contribution in [3.8, 4) is 0 Å². The van der Waals surface area contributed by atoms with Crippen molar-refractivity contribution < 1.29 is 14.3 Å². The molecule has 1 aromatic carbocycles. The Kier molecular flexibility index (Phi) is 3.49. The van der Waals surface area contributed by atoms with E-state index in [1.807, 2.05) is 45.0 Å². The smallest absolute Gasteiger partial charge is 0.411 e. The molecule has 1 aliphatic rings. The topological polar surface area (TPSA) is 46.6 Å². The minimum atomic E-state index is -0.551. The Bertz CT molecular complexity index is 522. The molecule has 1 atom stereocenters. The van der Waals surface area contributed by atoms with Gasteiger partial charge in [0, 0.05) is 0 Å². The molecule has 0 saturated carbocycles. The summed E-state index contributed by atoms with van der Waals surface area (Å²) in [6, 6.07) is 7.23. The third-order valence-corrected chi connectivity index (χ3v) is 3.56. The van der Waals surface area contributed by atoms with Crippen LogP contribution in [-0.2, 0) is 16.1 Å². The van der Waals surface area contributed by atoms with Gasteiger partial charge in [-0.1, -0.05) is 24.3 Å². The largest absolute Gasteiger partial charge is 0.444 e. The highest BCUT2D eigenvalue weighted by Gasteiger charge is 2.38. The lowest BCUT2D eigenvalue weighted by Gasteiger charge is -2.27. The zero-order valence-corrected chi connectivity index (χ0v) is 13.8. The lowest BCUT2D eigenvalue weighted by Crippen LogP contribution is -2.38. The van der Waals surface area contributed by atoms with Crippen LogP contribution in [0.3, 0.4) is 0 Å². The van der Waals surface area contributed by atoms with Gasteiger partial charge in [0.15, 0.2) is 0 Å². The molecule has 0 N–H and O–H groups in total. The lowest BCUT2D eigenvalue weighted by atomic mass is 10.1. The number of carbonyl (C=O) groups is 2. The van der Waals surface area contributed by atoms with Crippen LogP contribution in [0.5, 0.6) is 0 Å². The number of carbonyl (C=O) groups excluding carboxylic acids is 2. The summed E-state index contributed by atoms with van der Waals surface area (Å²) in [6.07, 6.45) is -0.419. The third kappa shape index (κ3) is 2.86. The molecule has 102 valence electrons. The van der Waals surface area contributed by atoms with E-state index >= 15 is 0 Å². The molecule has 0 radical (unpaired) electrons. The van der Waals surface area contributed by atoms with Crippen LogP contribution in [0.1, 0.15) is 37.9 Å². The number of benzene rings is 1. The Hall–Kier alpha value is -1.62. The van der Waals surface area contributed by atoms with Crippen molar-refractivity contribution in [2.45, 2.75) is 39.0 Å². The summed E-state index contributed by atoms with van der Waals surface area (Å²) in [6.45, 7) is 5.92. The molecule has 0 aliphatic carbocycles. The number of fused-ring (bicyclic) bond motifs is 1. The molecule has 1 amide bonds. The van der Waals surface area contributed by atoms with Crippen molar-refractivity contribution in [2.75, 3.05) is 0 Å². The molecule has 1 unspecified atom stereocenters. The average Bonchev–Trinajstić information content (AvgIpc) is 2.65. The van der Waals surface area contributed by atoms with Crippen molar-refractivity contribution in [3.05, 3.63) is 35.4 Å². The molecule has 19 heavy (non-hydrogen) atoms. The molecule has 0 saturated heterocycles. The van der Waals surface area contributed by atoms with Crippen LogP contribution in [0.15, 0.2) is 24.3 Å². The van der Waals surface area contributed by atoms with Crippen LogP contribution in [-0.4, -0.2) is 32.2 Å². The first kappa shape index (κ1) is 13.8. The fraction of sp³-hybridized carbons (Fsp3) is 0.429. The van der Waals surface area contributed by atoms with Gasteiger partial charge in [0.1, 0.15) is 17.0 Å². The Morgan fingerprint density at radius 3 is 2.53 bits per heavy atom. The van der Waals surface area contributed by atoms with E-state index in [4.69, 9.17) is 4.74 Å². The van der Waals surface area contributed by atoms with Crippen LogP contribution in [0.25, 0.3) is 0 Å². The van der Waals surface area contributed by atoms with Gasteiger partial charge in [-0.25, -0.2) is 4.79 Å². The van der Waals surface area contributed by atoms with Crippen molar-refractivity contribution >= 4 is 21.7 Å². The second-order valence-corrected chi connectivity index (χ2v) is 6.81. The van der Waals surface area contributed by atoms with Gasteiger partial charge < -0.3 is 9.53 Å². The molecule has 1 aromatic rings. The SMILES string of the molecule is CC(C)(C)OC(=O)N1Cc2ccccc2C1C(=O)[SiH3]. The molecule has 1 aliphatic heterocycles. The molecular weight excluding hydrogens is 258 g/mol. The van der Waals surface area contributed by atoms with Gasteiger partial charge in [-0.05, 0) is 31.9 Å². The van der Waals surface area contributed by atoms with E-state index in [9.17, 15) is 9.59 Å². The summed E-state index contributed by atoms with van der Waals surface area (Å²) in [5.74, 6) is 0. The summed E-state index contributed by atoms with van der Waals surface area (Å²) in [5, 5.41) is 0.0933. The maximum Gasteiger partial charge on any atom is 0.411 e. The van der Waals surface area contributed by atoms with Gasteiger partial charge in [-0.2, -0.15) is 0 Å². The van der Waals surface area contributed by atoms with Crippen molar-refractivity contribution in [1.29, 1.82) is 0 Å². The highest BCUT2D eigenvalue weighted by atomic mass is 28.1. The normalized spacial score (nSPS) is 18.3. The summed E-state index contributed by atoms with van der Waals surface area (Å²) >= 11 is 0. The van der Waals surface area contributed by atoms with E-state index < -0.39 is 17.7 Å². The van der Waals surface area contributed by atoms with Gasteiger partial charge in [0.2, 0.25) is 0 Å². The van der Waals surface area contributed by atoms with Gasteiger partial charge in [0.25, 0.3) is 0 Å². The molecule has 0 bridgehead atoms. The van der Waals surface area contributed by atoms with E-state index in [0.29, 0.717) is 16.8 Å². The Labute approximate surface area is 116 Å². The summed E-state index contributed by atoms with van der Waals surface area (Å²) < 4.78 is 5.38. The average molecular weight is 277 g/mol. The van der Waals surface area contributed by atoms with Crippen LogP contribution in [0.4, 0.5) is 4.79 Å². The molecule has 2 rings (SSSR count). The predicted octanol–water partition coefficient (Wildman–Crippen LogP) is 1.37. The quantitative estimate of drug-likeness (QED) is 0.728. The highest BCUT2D eigenvalue weighted by molar-refractivity contribution is 6.59. The summed E-state index contributed by atoms with van der Waals surface area (Å²) in [5.41, 5.74) is 1.42. The first-order valence-electron chi connectivity index (χ1n) is 6.37. The monoisotopic (exact) mass is 277 g/mol.